The molecular weight excluding hydrogens is 265 g/mol. The first kappa shape index (κ1) is 15.9. The van der Waals surface area contributed by atoms with Crippen LogP contribution < -0.4 is 5.32 Å². The van der Waals surface area contributed by atoms with E-state index in [0.717, 1.165) is 0 Å². The van der Waals surface area contributed by atoms with Crippen molar-refractivity contribution in [1.82, 2.24) is 10.2 Å². The Balaban J connectivity index is 0.00000225. The number of nitrogens with zero attached hydrogens (tertiary/aromatic N) is 1. The van der Waals surface area contributed by atoms with Gasteiger partial charge in [0, 0.05) is 25.7 Å². The molecule has 0 bridgehead atoms. The second-order valence-corrected chi connectivity index (χ2v) is 4.47. The average Bonchev–Trinajstić information content (AvgIpc) is 2.13. The Bertz CT molecular complexity index is 240. The SMILES string of the molecule is C[C@H]1CN(C(=O)CSC(F)(F)F)CCN1.Cl. The largest absolute Gasteiger partial charge is 0.442 e. The predicted molar refractivity (Wildman–Crippen MR) is 59.8 cm³/mol. The first-order valence-corrected chi connectivity index (χ1v) is 5.59. The Labute approximate surface area is 103 Å². The quantitative estimate of drug-likeness (QED) is 0.830. The van der Waals surface area contributed by atoms with Crippen LogP contribution in [0.2, 0.25) is 0 Å². The number of halogens is 4. The van der Waals surface area contributed by atoms with Gasteiger partial charge in [-0.25, -0.2) is 0 Å². The highest BCUT2D eigenvalue weighted by Gasteiger charge is 2.31. The number of carbonyl (C=O) groups is 1. The molecule has 1 fully saturated rings. The van der Waals surface area contributed by atoms with Crippen LogP contribution in [0.15, 0.2) is 0 Å². The zero-order valence-electron chi connectivity index (χ0n) is 8.71. The van der Waals surface area contributed by atoms with Gasteiger partial charge in [-0.2, -0.15) is 13.2 Å². The Kier molecular flexibility index (Phi) is 6.50. The van der Waals surface area contributed by atoms with E-state index in [4.69, 9.17) is 0 Å². The van der Waals surface area contributed by atoms with Gasteiger partial charge < -0.3 is 10.2 Å². The highest BCUT2D eigenvalue weighted by Crippen LogP contribution is 2.30. The third-order valence-electron chi connectivity index (χ3n) is 2.08. The molecule has 0 spiro atoms. The molecule has 0 saturated carbocycles. The smallest absolute Gasteiger partial charge is 0.339 e. The van der Waals surface area contributed by atoms with Crippen molar-refractivity contribution in [2.45, 2.75) is 18.5 Å². The van der Waals surface area contributed by atoms with Crippen LogP contribution in [0.1, 0.15) is 6.92 Å². The van der Waals surface area contributed by atoms with E-state index in [1.165, 1.54) is 4.90 Å². The van der Waals surface area contributed by atoms with Crippen molar-refractivity contribution < 1.29 is 18.0 Å². The van der Waals surface area contributed by atoms with E-state index in [-0.39, 0.29) is 30.2 Å². The lowest BCUT2D eigenvalue weighted by Gasteiger charge is -2.31. The molecule has 1 aliphatic rings. The molecule has 1 amide bonds. The predicted octanol–water partition coefficient (Wildman–Crippen LogP) is 1.48. The third-order valence-corrected chi connectivity index (χ3v) is 2.80. The highest BCUT2D eigenvalue weighted by atomic mass is 35.5. The molecule has 0 aromatic rings. The standard InChI is InChI=1S/C8H13F3N2OS.ClH/c1-6-4-13(3-2-12-6)7(14)5-15-8(9,10)11;/h6,12H,2-5H2,1H3;1H/t6-;/m0./s1. The molecule has 0 unspecified atom stereocenters. The van der Waals surface area contributed by atoms with Gasteiger partial charge in [0.05, 0.1) is 5.75 Å². The number of hydrogen-bond acceptors (Lipinski definition) is 3. The molecule has 1 rings (SSSR count). The molecule has 8 heteroatoms. The molecule has 3 nitrogen and oxygen atoms in total. The van der Waals surface area contributed by atoms with E-state index in [0.29, 0.717) is 19.6 Å². The number of hydrogen-bond donors (Lipinski definition) is 1. The number of carbonyl (C=O) groups excluding carboxylic acids is 1. The number of amides is 1. The first-order valence-electron chi connectivity index (χ1n) is 4.60. The van der Waals surface area contributed by atoms with Crippen LogP contribution in [-0.4, -0.2) is 47.7 Å². The Morgan fingerprint density at radius 2 is 2.19 bits per heavy atom. The van der Waals surface area contributed by atoms with Crippen LogP contribution in [0, 0.1) is 0 Å². The zero-order valence-corrected chi connectivity index (χ0v) is 10.3. The van der Waals surface area contributed by atoms with Crippen molar-refractivity contribution in [3.8, 4) is 0 Å². The van der Waals surface area contributed by atoms with Gasteiger partial charge in [-0.1, -0.05) is 0 Å². The number of nitrogens with one attached hydrogen (secondary N) is 1. The van der Waals surface area contributed by atoms with E-state index in [1.807, 2.05) is 6.92 Å². The maximum Gasteiger partial charge on any atom is 0.442 e. The van der Waals surface area contributed by atoms with Crippen LogP contribution in [0.25, 0.3) is 0 Å². The molecule has 0 aromatic carbocycles. The van der Waals surface area contributed by atoms with Crippen molar-refractivity contribution in [3.63, 3.8) is 0 Å². The van der Waals surface area contributed by atoms with Crippen molar-refractivity contribution in [3.05, 3.63) is 0 Å². The fourth-order valence-corrected chi connectivity index (χ4v) is 1.86. The number of rotatable bonds is 2. The second kappa shape index (κ2) is 6.56. The van der Waals surface area contributed by atoms with Crippen LogP contribution in [0.3, 0.4) is 0 Å². The van der Waals surface area contributed by atoms with Crippen molar-refractivity contribution in [2.75, 3.05) is 25.4 Å². The summed E-state index contributed by atoms with van der Waals surface area (Å²) < 4.78 is 35.5. The topological polar surface area (TPSA) is 32.3 Å². The van der Waals surface area contributed by atoms with Gasteiger partial charge >= 0.3 is 5.51 Å². The highest BCUT2D eigenvalue weighted by molar-refractivity contribution is 8.00. The maximum atomic E-state index is 11.8. The molecule has 1 aliphatic heterocycles. The lowest BCUT2D eigenvalue weighted by molar-refractivity contribution is -0.129. The molecule has 1 saturated heterocycles. The van der Waals surface area contributed by atoms with Crippen molar-refractivity contribution >= 4 is 30.1 Å². The van der Waals surface area contributed by atoms with Crippen LogP contribution in [0.4, 0.5) is 13.2 Å². The van der Waals surface area contributed by atoms with Gasteiger partial charge in [-0.05, 0) is 18.7 Å². The zero-order chi connectivity index (χ0) is 11.5. The molecule has 16 heavy (non-hydrogen) atoms. The Morgan fingerprint density at radius 3 is 2.69 bits per heavy atom. The Morgan fingerprint density at radius 1 is 1.56 bits per heavy atom. The minimum absolute atomic E-state index is 0. The van der Waals surface area contributed by atoms with E-state index >= 15 is 0 Å². The van der Waals surface area contributed by atoms with Crippen LogP contribution in [0.5, 0.6) is 0 Å². The van der Waals surface area contributed by atoms with Gasteiger partial charge in [-0.3, -0.25) is 4.79 Å². The lowest BCUT2D eigenvalue weighted by atomic mass is 10.2. The molecule has 1 atom stereocenters. The minimum Gasteiger partial charge on any atom is -0.339 e. The van der Waals surface area contributed by atoms with Gasteiger partial charge in [0.1, 0.15) is 0 Å². The van der Waals surface area contributed by atoms with E-state index in [1.54, 1.807) is 0 Å². The summed E-state index contributed by atoms with van der Waals surface area (Å²) in [7, 11) is 0. The van der Waals surface area contributed by atoms with Crippen LogP contribution in [-0.2, 0) is 4.79 Å². The summed E-state index contributed by atoms with van der Waals surface area (Å²) in [6, 6.07) is 0.151. The summed E-state index contributed by atoms with van der Waals surface area (Å²) >= 11 is -0.275. The molecular formula is C8H14ClF3N2OS. The van der Waals surface area contributed by atoms with E-state index < -0.39 is 17.2 Å². The molecule has 0 aliphatic carbocycles. The molecule has 0 radical (unpaired) electrons. The van der Waals surface area contributed by atoms with E-state index in [2.05, 4.69) is 5.32 Å². The summed E-state index contributed by atoms with van der Waals surface area (Å²) in [6.07, 6.45) is 0. The maximum absolute atomic E-state index is 11.8. The lowest BCUT2D eigenvalue weighted by Crippen LogP contribution is -2.51. The summed E-state index contributed by atoms with van der Waals surface area (Å²) in [6.45, 7) is 3.51. The molecule has 0 aromatic heterocycles. The van der Waals surface area contributed by atoms with Gasteiger partial charge in [0.25, 0.3) is 0 Å². The fraction of sp³-hybridized carbons (Fsp3) is 0.875. The average molecular weight is 279 g/mol. The normalized spacial score (nSPS) is 21.5. The van der Waals surface area contributed by atoms with Gasteiger partial charge in [0.2, 0.25) is 5.91 Å². The first-order chi connectivity index (χ1) is 6.88. The molecule has 1 N–H and O–H groups in total. The summed E-state index contributed by atoms with van der Waals surface area (Å²) in [5, 5.41) is 3.12. The fourth-order valence-electron chi connectivity index (χ4n) is 1.39. The molecule has 96 valence electrons. The minimum atomic E-state index is -4.32. The van der Waals surface area contributed by atoms with Crippen molar-refractivity contribution in [2.24, 2.45) is 0 Å². The summed E-state index contributed by atoms with van der Waals surface area (Å²) in [4.78, 5) is 12.8. The van der Waals surface area contributed by atoms with Crippen LogP contribution >= 0.6 is 24.2 Å². The van der Waals surface area contributed by atoms with Gasteiger partial charge in [-0.15, -0.1) is 12.4 Å². The second-order valence-electron chi connectivity index (χ2n) is 3.43. The number of thioether (sulfide) groups is 1. The summed E-state index contributed by atoms with van der Waals surface area (Å²) in [5.41, 5.74) is -4.32. The van der Waals surface area contributed by atoms with Crippen molar-refractivity contribution in [1.29, 1.82) is 0 Å². The third kappa shape index (κ3) is 5.81. The van der Waals surface area contributed by atoms with Gasteiger partial charge in [0.15, 0.2) is 0 Å². The number of piperazine rings is 1. The molecule has 1 heterocycles. The monoisotopic (exact) mass is 278 g/mol. The Hall–Kier alpha value is -0.140. The van der Waals surface area contributed by atoms with E-state index in [9.17, 15) is 18.0 Å². The number of alkyl halides is 3. The summed E-state index contributed by atoms with van der Waals surface area (Å²) in [5.74, 6) is -0.957.